The van der Waals surface area contributed by atoms with Gasteiger partial charge in [-0.15, -0.1) is 0 Å². The van der Waals surface area contributed by atoms with E-state index in [0.29, 0.717) is 6.04 Å². The lowest BCUT2D eigenvalue weighted by atomic mass is 10.1. The number of rotatable bonds is 5. The fourth-order valence-electron chi connectivity index (χ4n) is 3.17. The molecule has 118 valence electrons. The van der Waals surface area contributed by atoms with E-state index < -0.39 is 0 Å². The molecule has 1 aliphatic heterocycles. The van der Waals surface area contributed by atoms with Crippen LogP contribution < -0.4 is 4.90 Å². The molecule has 1 aliphatic rings. The number of pyridine rings is 1. The molecule has 1 atom stereocenters. The van der Waals surface area contributed by atoms with Gasteiger partial charge in [0.05, 0.1) is 6.20 Å². The molecule has 2 aromatic rings. The molecule has 5 nitrogen and oxygen atoms in total. The van der Waals surface area contributed by atoms with Gasteiger partial charge in [-0.25, -0.2) is 4.98 Å². The van der Waals surface area contributed by atoms with Gasteiger partial charge in [-0.3, -0.25) is 9.58 Å². The molecule has 5 heteroatoms. The molecule has 3 rings (SSSR count). The number of hydrogen-bond acceptors (Lipinski definition) is 4. The number of anilines is 1. The second-order valence-electron chi connectivity index (χ2n) is 6.17. The van der Waals surface area contributed by atoms with E-state index in [1.807, 2.05) is 31.2 Å². The maximum atomic E-state index is 4.43. The Morgan fingerprint density at radius 2 is 2.23 bits per heavy atom. The van der Waals surface area contributed by atoms with E-state index in [0.717, 1.165) is 25.5 Å². The van der Waals surface area contributed by atoms with Crippen LogP contribution in [0.3, 0.4) is 0 Å². The summed E-state index contributed by atoms with van der Waals surface area (Å²) in [5.41, 5.74) is 2.68. The van der Waals surface area contributed by atoms with Crippen LogP contribution in [0.5, 0.6) is 0 Å². The van der Waals surface area contributed by atoms with Gasteiger partial charge in [-0.2, -0.15) is 5.10 Å². The predicted octanol–water partition coefficient (Wildman–Crippen LogP) is 2.70. The number of hydrogen-bond donors (Lipinski definition) is 0. The van der Waals surface area contributed by atoms with E-state index in [9.17, 15) is 0 Å². The van der Waals surface area contributed by atoms with Crippen LogP contribution in [0, 0.1) is 0 Å². The smallest absolute Gasteiger partial charge is 0.128 e. The molecule has 22 heavy (non-hydrogen) atoms. The van der Waals surface area contributed by atoms with Crippen LogP contribution in [0.4, 0.5) is 5.82 Å². The molecule has 0 radical (unpaired) electrons. The quantitative estimate of drug-likeness (QED) is 0.850. The zero-order valence-corrected chi connectivity index (χ0v) is 13.7. The normalized spacial score (nSPS) is 18.8. The Kier molecular flexibility index (Phi) is 4.43. The third-order valence-corrected chi connectivity index (χ3v) is 4.37. The average molecular weight is 299 g/mol. The summed E-state index contributed by atoms with van der Waals surface area (Å²) in [7, 11) is 4.08. The summed E-state index contributed by atoms with van der Waals surface area (Å²) in [5, 5.41) is 4.39. The van der Waals surface area contributed by atoms with Crippen LogP contribution in [0.2, 0.25) is 0 Å². The Labute approximate surface area is 132 Å². The second-order valence-corrected chi connectivity index (χ2v) is 6.17. The highest BCUT2D eigenvalue weighted by Gasteiger charge is 2.26. The summed E-state index contributed by atoms with van der Waals surface area (Å²) in [6.07, 6.45) is 8.56. The molecule has 0 amide bonds. The monoisotopic (exact) mass is 299 g/mol. The van der Waals surface area contributed by atoms with Crippen molar-refractivity contribution < 1.29 is 0 Å². The molecule has 2 aromatic heterocycles. The Bertz CT molecular complexity index is 619. The highest BCUT2D eigenvalue weighted by molar-refractivity contribution is 5.40. The van der Waals surface area contributed by atoms with Crippen molar-refractivity contribution in [2.75, 3.05) is 25.5 Å². The van der Waals surface area contributed by atoms with Gasteiger partial charge in [0.25, 0.3) is 0 Å². The minimum absolute atomic E-state index is 0.492. The van der Waals surface area contributed by atoms with Gasteiger partial charge >= 0.3 is 0 Å². The van der Waals surface area contributed by atoms with Crippen molar-refractivity contribution in [3.8, 4) is 0 Å². The molecule has 0 spiro atoms. The third kappa shape index (κ3) is 3.14. The highest BCUT2D eigenvalue weighted by atomic mass is 15.3. The van der Waals surface area contributed by atoms with Crippen LogP contribution in [-0.4, -0.2) is 40.3 Å². The fourth-order valence-corrected chi connectivity index (χ4v) is 3.17. The van der Waals surface area contributed by atoms with Crippen molar-refractivity contribution in [3.05, 3.63) is 41.9 Å². The van der Waals surface area contributed by atoms with Gasteiger partial charge in [0, 0.05) is 51.2 Å². The van der Waals surface area contributed by atoms with Gasteiger partial charge in [0.2, 0.25) is 0 Å². The number of aromatic nitrogens is 3. The summed E-state index contributed by atoms with van der Waals surface area (Å²) in [4.78, 5) is 9.05. The molecule has 1 saturated heterocycles. The lowest BCUT2D eigenvalue weighted by Gasteiger charge is -2.25. The van der Waals surface area contributed by atoms with Crippen molar-refractivity contribution >= 4 is 5.82 Å². The molecule has 0 aliphatic carbocycles. The summed E-state index contributed by atoms with van der Waals surface area (Å²) in [6.45, 7) is 5.18. The zero-order valence-electron chi connectivity index (χ0n) is 13.7. The van der Waals surface area contributed by atoms with Crippen LogP contribution in [0.25, 0.3) is 0 Å². The van der Waals surface area contributed by atoms with E-state index in [-0.39, 0.29) is 0 Å². The minimum atomic E-state index is 0.492. The van der Waals surface area contributed by atoms with Crippen LogP contribution in [0.1, 0.15) is 36.9 Å². The van der Waals surface area contributed by atoms with Crippen LogP contribution in [-0.2, 0) is 13.1 Å². The van der Waals surface area contributed by atoms with Gasteiger partial charge in [-0.1, -0.05) is 0 Å². The molecule has 0 aromatic carbocycles. The Morgan fingerprint density at radius 3 is 2.95 bits per heavy atom. The molecule has 0 unspecified atom stereocenters. The van der Waals surface area contributed by atoms with Crippen molar-refractivity contribution in [2.45, 2.75) is 38.9 Å². The zero-order chi connectivity index (χ0) is 15.5. The van der Waals surface area contributed by atoms with Crippen molar-refractivity contribution in [1.29, 1.82) is 0 Å². The summed E-state index contributed by atoms with van der Waals surface area (Å²) in [5.74, 6) is 1.03. The number of likely N-dealkylation sites (tertiary alicyclic amines) is 1. The predicted molar refractivity (Wildman–Crippen MR) is 88.9 cm³/mol. The second kappa shape index (κ2) is 6.48. The first kappa shape index (κ1) is 15.0. The van der Waals surface area contributed by atoms with E-state index in [1.54, 1.807) is 0 Å². The molecular weight excluding hydrogens is 274 g/mol. The molecule has 1 fully saturated rings. The van der Waals surface area contributed by atoms with E-state index in [2.05, 4.69) is 45.1 Å². The number of aryl methyl sites for hydroxylation is 1. The maximum absolute atomic E-state index is 4.43. The van der Waals surface area contributed by atoms with Gasteiger partial charge in [0.1, 0.15) is 5.82 Å². The molecule has 0 N–H and O–H groups in total. The van der Waals surface area contributed by atoms with Gasteiger partial charge < -0.3 is 4.90 Å². The van der Waals surface area contributed by atoms with E-state index >= 15 is 0 Å². The van der Waals surface area contributed by atoms with Crippen LogP contribution >= 0.6 is 0 Å². The highest BCUT2D eigenvalue weighted by Crippen LogP contribution is 2.33. The first-order valence-electron chi connectivity index (χ1n) is 8.06. The third-order valence-electron chi connectivity index (χ3n) is 4.37. The largest absolute Gasteiger partial charge is 0.363 e. The van der Waals surface area contributed by atoms with Gasteiger partial charge in [0.15, 0.2) is 0 Å². The Balaban J connectivity index is 1.76. The molecular formula is C17H25N5. The minimum Gasteiger partial charge on any atom is -0.363 e. The van der Waals surface area contributed by atoms with E-state index in [1.165, 1.54) is 24.0 Å². The van der Waals surface area contributed by atoms with Crippen molar-refractivity contribution in [3.63, 3.8) is 0 Å². The van der Waals surface area contributed by atoms with Crippen molar-refractivity contribution in [2.24, 2.45) is 0 Å². The van der Waals surface area contributed by atoms with E-state index in [4.69, 9.17) is 0 Å². The topological polar surface area (TPSA) is 37.2 Å². The lowest BCUT2D eigenvalue weighted by molar-refractivity contribution is 0.248. The average Bonchev–Trinajstić information content (AvgIpc) is 3.17. The Morgan fingerprint density at radius 1 is 1.36 bits per heavy atom. The van der Waals surface area contributed by atoms with Crippen LogP contribution in [0.15, 0.2) is 30.7 Å². The first-order chi connectivity index (χ1) is 10.7. The fraction of sp³-hybridized carbons (Fsp3) is 0.529. The molecule has 0 saturated carbocycles. The summed E-state index contributed by atoms with van der Waals surface area (Å²) >= 11 is 0. The molecule has 0 bridgehead atoms. The van der Waals surface area contributed by atoms with Gasteiger partial charge in [-0.05, 0) is 44.0 Å². The standard InChI is InChI=1S/C17H25N5/c1-4-22-13-14(11-19-22)12-21-9-5-6-16(21)15-7-8-18-17(10-15)20(2)3/h7-8,10-11,13,16H,4-6,9,12H2,1-3H3/t16-/m1/s1. The number of nitrogens with zero attached hydrogens (tertiary/aromatic N) is 5. The summed E-state index contributed by atoms with van der Waals surface area (Å²) in [6, 6.07) is 4.87. The SMILES string of the molecule is CCn1cc(CN2CCC[C@@H]2c2ccnc(N(C)C)c2)cn1. The first-order valence-corrected chi connectivity index (χ1v) is 8.06. The van der Waals surface area contributed by atoms with Crippen molar-refractivity contribution in [1.82, 2.24) is 19.7 Å². The Hall–Kier alpha value is -1.88. The molecule has 3 heterocycles. The summed E-state index contributed by atoms with van der Waals surface area (Å²) < 4.78 is 2.00. The lowest BCUT2D eigenvalue weighted by Crippen LogP contribution is -2.23. The maximum Gasteiger partial charge on any atom is 0.128 e.